The topological polar surface area (TPSA) is 35.5 Å². The van der Waals surface area contributed by atoms with Gasteiger partial charge in [-0.05, 0) is 45.7 Å². The molecular weight excluding hydrogens is 200 g/mol. The molecule has 0 spiro atoms. The van der Waals surface area contributed by atoms with Crippen LogP contribution in [0.15, 0.2) is 0 Å². The lowest BCUT2D eigenvalue weighted by Gasteiger charge is -2.35. The predicted octanol–water partition coefficient (Wildman–Crippen LogP) is 1.61. The van der Waals surface area contributed by atoms with Gasteiger partial charge in [-0.25, -0.2) is 0 Å². The quantitative estimate of drug-likeness (QED) is 0.695. The first-order chi connectivity index (χ1) is 7.65. The molecule has 0 aliphatic carbocycles. The summed E-state index contributed by atoms with van der Waals surface area (Å²) in [5, 5.41) is 13.0. The molecule has 1 fully saturated rings. The van der Waals surface area contributed by atoms with Gasteiger partial charge in [0.1, 0.15) is 0 Å². The molecule has 1 heterocycles. The first-order valence-corrected chi connectivity index (χ1v) is 6.75. The van der Waals surface area contributed by atoms with E-state index >= 15 is 0 Å². The summed E-state index contributed by atoms with van der Waals surface area (Å²) in [6.07, 6.45) is 4.99. The van der Waals surface area contributed by atoms with Gasteiger partial charge in [0.2, 0.25) is 0 Å². The highest BCUT2D eigenvalue weighted by Crippen LogP contribution is 2.22. The fourth-order valence-electron chi connectivity index (χ4n) is 2.60. The van der Waals surface area contributed by atoms with Gasteiger partial charge in [-0.1, -0.05) is 13.8 Å². The van der Waals surface area contributed by atoms with Crippen LogP contribution in [0.3, 0.4) is 0 Å². The van der Waals surface area contributed by atoms with Gasteiger partial charge in [0.05, 0.1) is 12.1 Å². The molecule has 1 aliphatic heterocycles. The average molecular weight is 228 g/mol. The van der Waals surface area contributed by atoms with Gasteiger partial charge in [-0.2, -0.15) is 0 Å². The highest BCUT2D eigenvalue weighted by atomic mass is 16.3. The van der Waals surface area contributed by atoms with Crippen molar-refractivity contribution in [3.8, 4) is 0 Å². The third-order valence-electron chi connectivity index (χ3n) is 3.67. The van der Waals surface area contributed by atoms with E-state index in [1.807, 2.05) is 0 Å². The second-order valence-corrected chi connectivity index (χ2v) is 5.32. The number of rotatable bonds is 7. The average Bonchev–Trinajstić information content (AvgIpc) is 2.73. The molecule has 2 N–H and O–H groups in total. The minimum absolute atomic E-state index is 0.131. The van der Waals surface area contributed by atoms with E-state index in [9.17, 15) is 5.11 Å². The zero-order chi connectivity index (χ0) is 12.0. The Balaban J connectivity index is 2.47. The van der Waals surface area contributed by atoms with Crippen molar-refractivity contribution in [3.63, 3.8) is 0 Å². The molecule has 2 unspecified atom stereocenters. The number of aliphatic hydroxyl groups is 1. The fourth-order valence-corrected chi connectivity index (χ4v) is 2.60. The van der Waals surface area contributed by atoms with Crippen molar-refractivity contribution in [2.45, 2.75) is 58.0 Å². The van der Waals surface area contributed by atoms with E-state index in [2.05, 4.69) is 31.0 Å². The molecule has 0 aromatic rings. The van der Waals surface area contributed by atoms with E-state index < -0.39 is 0 Å². The molecule has 1 aliphatic rings. The van der Waals surface area contributed by atoms with Crippen molar-refractivity contribution in [1.29, 1.82) is 0 Å². The van der Waals surface area contributed by atoms with Crippen LogP contribution in [0.2, 0.25) is 0 Å². The molecule has 3 heteroatoms. The number of hydrogen-bond donors (Lipinski definition) is 2. The van der Waals surface area contributed by atoms with Gasteiger partial charge in [-0.3, -0.25) is 4.90 Å². The minimum Gasteiger partial charge on any atom is -0.394 e. The van der Waals surface area contributed by atoms with Gasteiger partial charge in [0.15, 0.2) is 0 Å². The summed E-state index contributed by atoms with van der Waals surface area (Å²) in [4.78, 5) is 2.54. The SMILES string of the molecule is CCCNC(C)(CO)CN1CCCC1CC. The maximum absolute atomic E-state index is 9.54. The first kappa shape index (κ1) is 13.9. The standard InChI is InChI=1S/C13H28N2O/c1-4-8-14-13(3,11-16)10-15-9-6-7-12(15)5-2/h12,14,16H,4-11H2,1-3H3. The number of likely N-dealkylation sites (tertiary alicyclic amines) is 1. The summed E-state index contributed by atoms with van der Waals surface area (Å²) in [5.41, 5.74) is -0.131. The summed E-state index contributed by atoms with van der Waals surface area (Å²) in [6, 6.07) is 0.731. The van der Waals surface area contributed by atoms with Crippen LogP contribution >= 0.6 is 0 Å². The van der Waals surface area contributed by atoms with Crippen LogP contribution in [0.1, 0.15) is 46.5 Å². The second-order valence-electron chi connectivity index (χ2n) is 5.32. The molecule has 0 aromatic heterocycles. The highest BCUT2D eigenvalue weighted by molar-refractivity contribution is 4.90. The summed E-state index contributed by atoms with van der Waals surface area (Å²) in [7, 11) is 0. The van der Waals surface area contributed by atoms with Gasteiger partial charge in [0.25, 0.3) is 0 Å². The molecule has 0 amide bonds. The third-order valence-corrected chi connectivity index (χ3v) is 3.67. The zero-order valence-corrected chi connectivity index (χ0v) is 11.1. The highest BCUT2D eigenvalue weighted by Gasteiger charge is 2.31. The van der Waals surface area contributed by atoms with Crippen LogP contribution in [0.4, 0.5) is 0 Å². The molecule has 16 heavy (non-hydrogen) atoms. The minimum atomic E-state index is -0.131. The van der Waals surface area contributed by atoms with Crippen LogP contribution in [0.25, 0.3) is 0 Å². The maximum atomic E-state index is 9.54. The van der Waals surface area contributed by atoms with Gasteiger partial charge in [-0.15, -0.1) is 0 Å². The van der Waals surface area contributed by atoms with Crippen LogP contribution in [0.5, 0.6) is 0 Å². The fraction of sp³-hybridized carbons (Fsp3) is 1.00. The Bertz CT molecular complexity index is 198. The lowest BCUT2D eigenvalue weighted by Crippen LogP contribution is -2.55. The van der Waals surface area contributed by atoms with E-state index in [4.69, 9.17) is 0 Å². The summed E-state index contributed by atoms with van der Waals surface area (Å²) in [5.74, 6) is 0. The number of hydrogen-bond acceptors (Lipinski definition) is 3. The summed E-state index contributed by atoms with van der Waals surface area (Å²) < 4.78 is 0. The molecule has 2 atom stereocenters. The number of aliphatic hydroxyl groups excluding tert-OH is 1. The Kier molecular flexibility index (Phi) is 5.73. The van der Waals surface area contributed by atoms with Crippen LogP contribution in [0, 0.1) is 0 Å². The Morgan fingerprint density at radius 3 is 2.75 bits per heavy atom. The Morgan fingerprint density at radius 1 is 1.44 bits per heavy atom. The number of nitrogens with one attached hydrogen (secondary N) is 1. The van der Waals surface area contributed by atoms with Crippen LogP contribution < -0.4 is 5.32 Å². The van der Waals surface area contributed by atoms with Crippen LogP contribution in [-0.4, -0.2) is 47.8 Å². The van der Waals surface area contributed by atoms with Gasteiger partial charge >= 0.3 is 0 Å². The van der Waals surface area contributed by atoms with Gasteiger partial charge < -0.3 is 10.4 Å². The Hall–Kier alpha value is -0.120. The van der Waals surface area contributed by atoms with Gasteiger partial charge in [0, 0.05) is 12.6 Å². The lowest BCUT2D eigenvalue weighted by molar-refractivity contribution is 0.112. The summed E-state index contributed by atoms with van der Waals surface area (Å²) >= 11 is 0. The molecule has 3 nitrogen and oxygen atoms in total. The molecule has 1 saturated heterocycles. The molecule has 96 valence electrons. The predicted molar refractivity (Wildman–Crippen MR) is 68.7 cm³/mol. The number of nitrogens with zero attached hydrogens (tertiary/aromatic N) is 1. The van der Waals surface area contributed by atoms with E-state index in [0.717, 1.165) is 25.6 Å². The van der Waals surface area contributed by atoms with Crippen molar-refractivity contribution in [2.75, 3.05) is 26.2 Å². The normalized spacial score (nSPS) is 25.9. The van der Waals surface area contributed by atoms with E-state index in [0.29, 0.717) is 0 Å². The van der Waals surface area contributed by atoms with E-state index in [-0.39, 0.29) is 12.1 Å². The lowest BCUT2D eigenvalue weighted by atomic mass is 10.0. The Labute approximate surface area is 100 Å². The monoisotopic (exact) mass is 228 g/mol. The van der Waals surface area contributed by atoms with Crippen LogP contribution in [-0.2, 0) is 0 Å². The van der Waals surface area contributed by atoms with Crippen molar-refractivity contribution in [1.82, 2.24) is 10.2 Å². The molecular formula is C13H28N2O. The third kappa shape index (κ3) is 3.72. The molecule has 0 bridgehead atoms. The molecule has 0 radical (unpaired) electrons. The largest absolute Gasteiger partial charge is 0.394 e. The molecule has 0 saturated carbocycles. The molecule has 1 rings (SSSR count). The van der Waals surface area contributed by atoms with Crippen molar-refractivity contribution >= 4 is 0 Å². The smallest absolute Gasteiger partial charge is 0.0623 e. The van der Waals surface area contributed by atoms with Crippen molar-refractivity contribution in [2.24, 2.45) is 0 Å². The summed E-state index contributed by atoms with van der Waals surface area (Å²) in [6.45, 7) is 9.94. The Morgan fingerprint density at radius 2 is 2.19 bits per heavy atom. The zero-order valence-electron chi connectivity index (χ0n) is 11.1. The first-order valence-electron chi connectivity index (χ1n) is 6.75. The van der Waals surface area contributed by atoms with Crippen molar-refractivity contribution < 1.29 is 5.11 Å². The second kappa shape index (κ2) is 6.58. The van der Waals surface area contributed by atoms with E-state index in [1.165, 1.54) is 25.8 Å². The molecule has 0 aromatic carbocycles. The maximum Gasteiger partial charge on any atom is 0.0623 e. The van der Waals surface area contributed by atoms with E-state index in [1.54, 1.807) is 0 Å². The van der Waals surface area contributed by atoms with Crippen molar-refractivity contribution in [3.05, 3.63) is 0 Å².